The zero-order valence-corrected chi connectivity index (χ0v) is 29.7. The topological polar surface area (TPSA) is 219 Å². The van der Waals surface area contributed by atoms with Crippen LogP contribution in [0.4, 0.5) is 5.69 Å². The number of carboxylic acids is 1. The van der Waals surface area contributed by atoms with Gasteiger partial charge in [-0.3, -0.25) is 18.9 Å². The number of aliphatic carboxylic acids is 1. The van der Waals surface area contributed by atoms with Gasteiger partial charge in [0.25, 0.3) is 5.56 Å². The molecule has 2 unspecified atom stereocenters. The second-order valence-corrected chi connectivity index (χ2v) is 14.9. The molecule has 5 rings (SSSR count). The maximum Gasteiger partial charge on any atom is 0.472 e. The van der Waals surface area contributed by atoms with Gasteiger partial charge in [0.2, 0.25) is 6.29 Å². The average Bonchev–Trinajstić information content (AvgIpc) is 3.46. The van der Waals surface area contributed by atoms with Crippen LogP contribution in [0.15, 0.2) is 82.5 Å². The first-order valence-electron chi connectivity index (χ1n) is 16.4. The van der Waals surface area contributed by atoms with Crippen molar-refractivity contribution in [3.63, 3.8) is 0 Å². The minimum atomic E-state index is -5.46. The number of aliphatic hydroxyl groups is 1. The molecule has 278 valence electrons. The average molecular weight is 734 g/mol. The summed E-state index contributed by atoms with van der Waals surface area (Å²) in [5, 5.41) is 23.9. The summed E-state index contributed by atoms with van der Waals surface area (Å²) in [5.74, 6) is -3.04. The minimum Gasteiger partial charge on any atom is -0.479 e. The number of hydrogen-bond donors (Lipinski definition) is 5. The summed E-state index contributed by atoms with van der Waals surface area (Å²) in [4.78, 5) is 62.4. The molecule has 51 heavy (non-hydrogen) atoms. The van der Waals surface area contributed by atoms with E-state index >= 15 is 0 Å². The van der Waals surface area contributed by atoms with Crippen molar-refractivity contribution in [1.82, 2.24) is 9.55 Å². The monoisotopic (exact) mass is 733 g/mol. The number of phosphoric ester groups is 1. The molecule has 0 bridgehead atoms. The number of carbonyl (C=O) groups is 1. The highest BCUT2D eigenvalue weighted by Gasteiger charge is 2.68. The standard InChI is InChI=1S/C34H44N3O13P/c1-21(2)16-18-34(29(40)41,30(49-51(43,44)45)46-20-22-12-8-6-9-13-22)37(23-14-10-7-11-15-23)27(39)25-26-33(5,50-32(3,4)48-26)28(47-25)36-19-17-24(38)35-31(36)42/h6-15,17,19,21,25-28,30,39H,16,18,20H2,1-5H3,(H,40,41)(H,35,38,42)(H2,43,44,45)/t25-,26+,27?,28+,30?,33+,34+/m0/s1. The van der Waals surface area contributed by atoms with E-state index in [1.54, 1.807) is 69.3 Å². The summed E-state index contributed by atoms with van der Waals surface area (Å²) >= 11 is 0. The number of fused-ring (bicyclic) bond motifs is 1. The first kappa shape index (κ1) is 38.5. The van der Waals surface area contributed by atoms with Crippen molar-refractivity contribution in [2.75, 3.05) is 4.90 Å². The molecule has 3 aromatic rings. The Labute approximate surface area is 293 Å². The first-order chi connectivity index (χ1) is 23.9. The Bertz CT molecular complexity index is 1830. The number of ether oxygens (including phenoxy) is 4. The van der Waals surface area contributed by atoms with Crippen molar-refractivity contribution < 1.29 is 52.8 Å². The lowest BCUT2D eigenvalue weighted by Gasteiger charge is -2.49. The molecule has 2 saturated heterocycles. The third kappa shape index (κ3) is 8.04. The van der Waals surface area contributed by atoms with Crippen LogP contribution in [0.5, 0.6) is 0 Å². The third-order valence-corrected chi connectivity index (χ3v) is 9.45. The van der Waals surface area contributed by atoms with Crippen LogP contribution in [0.1, 0.15) is 59.3 Å². The van der Waals surface area contributed by atoms with Crippen LogP contribution in [0, 0.1) is 5.92 Å². The highest BCUT2D eigenvalue weighted by molar-refractivity contribution is 7.46. The molecule has 0 aliphatic carbocycles. The predicted molar refractivity (Wildman–Crippen MR) is 181 cm³/mol. The van der Waals surface area contributed by atoms with E-state index in [2.05, 4.69) is 4.98 Å². The van der Waals surface area contributed by atoms with Crippen LogP contribution in [0.2, 0.25) is 0 Å². The number of nitrogens with one attached hydrogen (secondary N) is 1. The van der Waals surface area contributed by atoms with Gasteiger partial charge in [-0.25, -0.2) is 14.2 Å². The number of carboxylic acid groups (broad SMARTS) is 1. The summed E-state index contributed by atoms with van der Waals surface area (Å²) < 4.78 is 43.8. The molecule has 0 radical (unpaired) electrons. The lowest BCUT2D eigenvalue weighted by Crippen LogP contribution is -2.69. The molecule has 17 heteroatoms. The van der Waals surface area contributed by atoms with E-state index in [0.717, 1.165) is 15.5 Å². The molecule has 2 aromatic carbocycles. The third-order valence-electron chi connectivity index (χ3n) is 8.98. The van der Waals surface area contributed by atoms with Crippen LogP contribution in [-0.2, 0) is 39.4 Å². The van der Waals surface area contributed by atoms with E-state index in [4.69, 9.17) is 23.5 Å². The fraction of sp³-hybridized carbons (Fsp3) is 0.500. The Morgan fingerprint density at radius 2 is 1.69 bits per heavy atom. The summed E-state index contributed by atoms with van der Waals surface area (Å²) in [6, 6.07) is 17.5. The quantitative estimate of drug-likeness (QED) is 0.112. The van der Waals surface area contributed by atoms with Gasteiger partial charge < -0.3 is 43.8 Å². The molecule has 0 amide bonds. The van der Waals surface area contributed by atoms with Gasteiger partial charge in [-0.2, -0.15) is 0 Å². The Kier molecular flexibility index (Phi) is 11.1. The van der Waals surface area contributed by atoms with E-state index in [1.807, 2.05) is 13.8 Å². The SMILES string of the molecule is CC(C)CC[C@@](C(=O)O)(C(OCc1ccccc1)OP(=O)(O)O)N(c1ccccc1)C(O)[C@H]1O[C@@H](n2ccc(=O)[nH]c2=O)[C@]2(C)OC(C)(C)O[C@H]12. The minimum absolute atomic E-state index is 0.104. The van der Waals surface area contributed by atoms with Gasteiger partial charge in [0, 0.05) is 18.0 Å². The Hall–Kier alpha value is -3.70. The van der Waals surface area contributed by atoms with Crippen LogP contribution >= 0.6 is 7.82 Å². The normalized spacial score (nSPS) is 25.2. The van der Waals surface area contributed by atoms with E-state index in [1.165, 1.54) is 18.3 Å². The number of benzene rings is 2. The molecule has 1 aromatic heterocycles. The molecule has 7 atom stereocenters. The summed E-state index contributed by atoms with van der Waals surface area (Å²) in [7, 11) is -5.46. The largest absolute Gasteiger partial charge is 0.479 e. The summed E-state index contributed by atoms with van der Waals surface area (Å²) in [6.45, 7) is 8.19. The number of rotatable bonds is 15. The molecule has 2 fully saturated rings. The lowest BCUT2D eigenvalue weighted by molar-refractivity contribution is -0.226. The number of aromatic amines is 1. The first-order valence-corrected chi connectivity index (χ1v) is 17.9. The van der Waals surface area contributed by atoms with Gasteiger partial charge in [0.15, 0.2) is 23.8 Å². The Morgan fingerprint density at radius 3 is 2.25 bits per heavy atom. The van der Waals surface area contributed by atoms with E-state index in [9.17, 15) is 38.9 Å². The van der Waals surface area contributed by atoms with E-state index in [0.29, 0.717) is 5.56 Å². The van der Waals surface area contributed by atoms with Crippen LogP contribution in [0.3, 0.4) is 0 Å². The molecule has 3 heterocycles. The zero-order valence-electron chi connectivity index (χ0n) is 28.8. The Balaban J connectivity index is 1.71. The number of H-pyrrole nitrogens is 1. The molecular formula is C34H44N3O13P. The van der Waals surface area contributed by atoms with E-state index in [-0.39, 0.29) is 31.1 Å². The fourth-order valence-corrected chi connectivity index (χ4v) is 7.29. The molecule has 5 N–H and O–H groups in total. The van der Waals surface area contributed by atoms with Crippen molar-refractivity contribution >= 4 is 19.5 Å². The number of nitrogens with zero attached hydrogens (tertiary/aromatic N) is 2. The van der Waals surface area contributed by atoms with Crippen molar-refractivity contribution in [3.05, 3.63) is 99.3 Å². The second kappa shape index (κ2) is 14.7. The zero-order chi connectivity index (χ0) is 37.4. The number of para-hydroxylation sites is 1. The molecule has 2 aliphatic rings. The van der Waals surface area contributed by atoms with Crippen LogP contribution < -0.4 is 16.1 Å². The number of hydrogen-bond acceptors (Lipinski definition) is 11. The summed E-state index contributed by atoms with van der Waals surface area (Å²) in [6.07, 6.45) is -7.09. The second-order valence-electron chi connectivity index (χ2n) is 13.7. The molecule has 2 aliphatic heterocycles. The lowest BCUT2D eigenvalue weighted by atomic mass is 9.85. The van der Waals surface area contributed by atoms with Crippen molar-refractivity contribution in [2.24, 2.45) is 5.92 Å². The summed E-state index contributed by atoms with van der Waals surface area (Å²) in [5.41, 5.74) is -4.87. The van der Waals surface area contributed by atoms with E-state index < -0.39 is 72.9 Å². The van der Waals surface area contributed by atoms with Gasteiger partial charge in [0.1, 0.15) is 17.8 Å². The van der Waals surface area contributed by atoms with Crippen LogP contribution in [0.25, 0.3) is 0 Å². The van der Waals surface area contributed by atoms with Crippen molar-refractivity contribution in [3.8, 4) is 0 Å². The number of aromatic nitrogens is 2. The number of phosphoric acid groups is 1. The molecule has 0 spiro atoms. The highest BCUT2D eigenvalue weighted by Crippen LogP contribution is 2.53. The fourth-order valence-electron chi connectivity index (χ4n) is 6.81. The molecular weight excluding hydrogens is 689 g/mol. The molecule has 0 saturated carbocycles. The number of aliphatic hydroxyl groups excluding tert-OH is 1. The Morgan fingerprint density at radius 1 is 1.06 bits per heavy atom. The van der Waals surface area contributed by atoms with Gasteiger partial charge in [-0.1, -0.05) is 62.4 Å². The maximum atomic E-state index is 13.9. The molecule has 16 nitrogen and oxygen atoms in total. The number of anilines is 1. The van der Waals surface area contributed by atoms with Gasteiger partial charge in [-0.05, 0) is 57.2 Å². The van der Waals surface area contributed by atoms with Gasteiger partial charge >= 0.3 is 19.5 Å². The maximum absolute atomic E-state index is 13.9. The smallest absolute Gasteiger partial charge is 0.472 e. The van der Waals surface area contributed by atoms with Crippen LogP contribution in [-0.4, -0.2) is 77.2 Å². The van der Waals surface area contributed by atoms with Gasteiger partial charge in [0.05, 0.1) is 6.61 Å². The highest BCUT2D eigenvalue weighted by atomic mass is 31.2. The van der Waals surface area contributed by atoms with Gasteiger partial charge in [-0.15, -0.1) is 0 Å². The predicted octanol–water partition coefficient (Wildman–Crippen LogP) is 3.08. The van der Waals surface area contributed by atoms with Crippen molar-refractivity contribution in [2.45, 2.75) is 102 Å². The van der Waals surface area contributed by atoms with Crippen molar-refractivity contribution in [1.29, 1.82) is 0 Å².